The molecule has 3 heteroatoms. The van der Waals surface area contributed by atoms with Crippen molar-refractivity contribution >= 4 is 77.0 Å². The van der Waals surface area contributed by atoms with Crippen LogP contribution < -0.4 is 4.90 Å². The number of aromatic nitrogens is 2. The second-order valence-corrected chi connectivity index (χ2v) is 14.9. The van der Waals surface area contributed by atoms with Gasteiger partial charge in [-0.1, -0.05) is 140 Å². The third-order valence-corrected chi connectivity index (χ3v) is 11.8. The fourth-order valence-electron chi connectivity index (χ4n) is 9.38. The number of anilines is 3. The SMILES string of the molecule is c1ccc(-c2ccc(N(c3ccccc3)c3ccc(-c4cc5c6ccccc6n6c7ccccc7c7cccc8c7c(c4n8-c4ccccc4)c56)cc3)cc2)cc1. The number of benzene rings is 9. The van der Waals surface area contributed by atoms with Crippen LogP contribution in [-0.2, 0) is 0 Å². The van der Waals surface area contributed by atoms with E-state index in [1.807, 2.05) is 0 Å². The Kier molecular flexibility index (Phi) is 6.93. The Morgan fingerprint density at radius 2 is 0.807 bits per heavy atom. The van der Waals surface area contributed by atoms with E-state index in [4.69, 9.17) is 0 Å². The van der Waals surface area contributed by atoms with E-state index >= 15 is 0 Å². The first-order valence-electron chi connectivity index (χ1n) is 19.6. The molecule has 0 radical (unpaired) electrons. The van der Waals surface area contributed by atoms with Crippen molar-refractivity contribution in [2.75, 3.05) is 4.90 Å². The number of rotatable bonds is 6. The second-order valence-electron chi connectivity index (χ2n) is 14.9. The van der Waals surface area contributed by atoms with Crippen molar-refractivity contribution in [2.24, 2.45) is 0 Å². The summed E-state index contributed by atoms with van der Waals surface area (Å²) in [5.74, 6) is 0. The summed E-state index contributed by atoms with van der Waals surface area (Å²) < 4.78 is 5.02. The van der Waals surface area contributed by atoms with E-state index in [0.717, 1.165) is 22.7 Å². The van der Waals surface area contributed by atoms with Crippen LogP contribution in [0.25, 0.3) is 87.8 Å². The van der Waals surface area contributed by atoms with Gasteiger partial charge in [0.15, 0.2) is 0 Å². The Labute approximate surface area is 329 Å². The maximum atomic E-state index is 2.52. The summed E-state index contributed by atoms with van der Waals surface area (Å²) in [6.07, 6.45) is 0. The molecule has 12 rings (SSSR count). The average Bonchev–Trinajstić information content (AvgIpc) is 3.77. The van der Waals surface area contributed by atoms with Crippen molar-refractivity contribution in [3.05, 3.63) is 212 Å². The molecule has 0 bridgehead atoms. The highest BCUT2D eigenvalue weighted by Gasteiger charge is 2.26. The highest BCUT2D eigenvalue weighted by molar-refractivity contribution is 6.35. The van der Waals surface area contributed by atoms with Crippen LogP contribution >= 0.6 is 0 Å². The maximum Gasteiger partial charge on any atom is 0.0642 e. The second kappa shape index (κ2) is 12.5. The number of hydrogen-bond donors (Lipinski definition) is 0. The largest absolute Gasteiger partial charge is 0.311 e. The van der Waals surface area contributed by atoms with Crippen LogP contribution in [0.1, 0.15) is 0 Å². The first-order chi connectivity index (χ1) is 28.3. The summed E-state index contributed by atoms with van der Waals surface area (Å²) in [4.78, 5) is 2.35. The van der Waals surface area contributed by atoms with Crippen molar-refractivity contribution in [1.29, 1.82) is 0 Å². The summed E-state index contributed by atoms with van der Waals surface area (Å²) >= 11 is 0. The van der Waals surface area contributed by atoms with Gasteiger partial charge in [0, 0.05) is 55.2 Å². The Morgan fingerprint density at radius 3 is 1.47 bits per heavy atom. The molecule has 12 aromatic rings. The first kappa shape index (κ1) is 31.7. The van der Waals surface area contributed by atoms with Gasteiger partial charge in [0.2, 0.25) is 0 Å². The Morgan fingerprint density at radius 1 is 0.316 bits per heavy atom. The van der Waals surface area contributed by atoms with Gasteiger partial charge in [0.1, 0.15) is 0 Å². The zero-order valence-electron chi connectivity index (χ0n) is 31.0. The number of fused-ring (bicyclic) bond motifs is 6. The van der Waals surface area contributed by atoms with Gasteiger partial charge in [-0.05, 0) is 94.9 Å². The first-order valence-corrected chi connectivity index (χ1v) is 19.6. The van der Waals surface area contributed by atoms with Gasteiger partial charge < -0.3 is 13.9 Å². The summed E-state index contributed by atoms with van der Waals surface area (Å²) in [5, 5.41) is 7.62. The van der Waals surface area contributed by atoms with Crippen molar-refractivity contribution in [2.45, 2.75) is 0 Å². The number of nitrogens with zero attached hydrogens (tertiary/aromatic N) is 3. The lowest BCUT2D eigenvalue weighted by atomic mass is 9.97. The van der Waals surface area contributed by atoms with Crippen LogP contribution in [-0.4, -0.2) is 8.97 Å². The standard InChI is InChI=1S/C54H35N3/c1-4-15-36(16-5-1)37-27-31-41(32-28-37)55(39-17-6-2-7-18-39)42-33-29-38(30-34-42)46-35-47-44-22-11-13-25-49(44)57-48-24-12-10-21-43(48)45-23-14-26-50-51(45)52(54(47)57)53(46)56(50)40-19-8-3-9-20-40/h1-35H. The van der Waals surface area contributed by atoms with Crippen molar-refractivity contribution in [1.82, 2.24) is 8.97 Å². The van der Waals surface area contributed by atoms with Crippen LogP contribution in [0, 0.1) is 0 Å². The van der Waals surface area contributed by atoms with Gasteiger partial charge in [-0.3, -0.25) is 0 Å². The highest BCUT2D eigenvalue weighted by Crippen LogP contribution is 2.49. The Balaban J connectivity index is 1.14. The molecule has 0 aliphatic heterocycles. The molecule has 266 valence electrons. The molecule has 0 unspecified atom stereocenters. The maximum absolute atomic E-state index is 2.52. The minimum atomic E-state index is 1.10. The quantitative estimate of drug-likeness (QED) is 0.166. The molecule has 0 fully saturated rings. The fourth-order valence-corrected chi connectivity index (χ4v) is 9.38. The normalized spacial score (nSPS) is 11.9. The predicted octanol–water partition coefficient (Wildman–Crippen LogP) is 14.7. The number of hydrogen-bond acceptors (Lipinski definition) is 1. The zero-order chi connectivity index (χ0) is 37.5. The van der Waals surface area contributed by atoms with Gasteiger partial charge in [0.05, 0.1) is 27.6 Å². The van der Waals surface area contributed by atoms with Crippen molar-refractivity contribution in [3.8, 4) is 27.9 Å². The minimum Gasteiger partial charge on any atom is -0.311 e. The van der Waals surface area contributed by atoms with E-state index in [0.29, 0.717) is 0 Å². The molecule has 3 heterocycles. The lowest BCUT2D eigenvalue weighted by molar-refractivity contribution is 1.18. The Hall–Kier alpha value is -7.62. The summed E-state index contributed by atoms with van der Waals surface area (Å²) in [5.41, 5.74) is 15.4. The highest BCUT2D eigenvalue weighted by atomic mass is 15.1. The van der Waals surface area contributed by atoms with Gasteiger partial charge in [-0.15, -0.1) is 0 Å². The van der Waals surface area contributed by atoms with E-state index in [2.05, 4.69) is 226 Å². The molecule has 9 aromatic carbocycles. The van der Waals surface area contributed by atoms with Crippen LogP contribution in [0.3, 0.4) is 0 Å². The topological polar surface area (TPSA) is 12.6 Å². The monoisotopic (exact) mass is 725 g/mol. The zero-order valence-corrected chi connectivity index (χ0v) is 31.0. The van der Waals surface area contributed by atoms with Crippen molar-refractivity contribution in [3.63, 3.8) is 0 Å². The summed E-state index contributed by atoms with van der Waals surface area (Å²) in [7, 11) is 0. The van der Waals surface area contributed by atoms with Crippen LogP contribution in [0.4, 0.5) is 17.1 Å². The molecule has 0 saturated carbocycles. The van der Waals surface area contributed by atoms with E-state index in [9.17, 15) is 0 Å². The molecular formula is C54H35N3. The Bertz CT molecular complexity index is 3420. The van der Waals surface area contributed by atoms with Gasteiger partial charge in [0.25, 0.3) is 0 Å². The van der Waals surface area contributed by atoms with Crippen LogP contribution in [0.5, 0.6) is 0 Å². The van der Waals surface area contributed by atoms with E-state index in [1.165, 1.54) is 82.2 Å². The predicted molar refractivity (Wildman–Crippen MR) is 241 cm³/mol. The smallest absolute Gasteiger partial charge is 0.0642 e. The summed E-state index contributed by atoms with van der Waals surface area (Å²) in [6, 6.07) is 77.3. The van der Waals surface area contributed by atoms with Crippen LogP contribution in [0.15, 0.2) is 212 Å². The molecule has 0 saturated heterocycles. The molecule has 57 heavy (non-hydrogen) atoms. The fraction of sp³-hybridized carbons (Fsp3) is 0. The number of para-hydroxylation sites is 4. The van der Waals surface area contributed by atoms with E-state index in [1.54, 1.807) is 0 Å². The van der Waals surface area contributed by atoms with E-state index < -0.39 is 0 Å². The van der Waals surface area contributed by atoms with Gasteiger partial charge >= 0.3 is 0 Å². The molecule has 0 N–H and O–H groups in total. The molecule has 0 spiro atoms. The molecule has 3 aromatic heterocycles. The van der Waals surface area contributed by atoms with Gasteiger partial charge in [-0.25, -0.2) is 0 Å². The molecule has 3 nitrogen and oxygen atoms in total. The molecular weight excluding hydrogens is 691 g/mol. The molecule has 0 aliphatic rings. The average molecular weight is 726 g/mol. The van der Waals surface area contributed by atoms with Crippen molar-refractivity contribution < 1.29 is 0 Å². The van der Waals surface area contributed by atoms with Gasteiger partial charge in [-0.2, -0.15) is 0 Å². The third kappa shape index (κ3) is 4.73. The molecule has 0 amide bonds. The van der Waals surface area contributed by atoms with E-state index in [-0.39, 0.29) is 0 Å². The third-order valence-electron chi connectivity index (χ3n) is 11.8. The molecule has 0 atom stereocenters. The lowest BCUT2D eigenvalue weighted by Crippen LogP contribution is -2.09. The minimum absolute atomic E-state index is 1.10. The lowest BCUT2D eigenvalue weighted by Gasteiger charge is -2.26. The van der Waals surface area contributed by atoms with Crippen LogP contribution in [0.2, 0.25) is 0 Å². The molecule has 0 aliphatic carbocycles. The summed E-state index contributed by atoms with van der Waals surface area (Å²) in [6.45, 7) is 0.